The highest BCUT2D eigenvalue weighted by Gasteiger charge is 2.30. The molecule has 0 heterocycles. The molecule has 0 aromatic rings. The maximum Gasteiger partial charge on any atom is 0.334 e. The van der Waals surface area contributed by atoms with Gasteiger partial charge in [0.1, 0.15) is 6.10 Å². The molecule has 0 N–H and O–H groups in total. The molecule has 0 saturated heterocycles. The molecule has 4 unspecified atom stereocenters. The molecule has 12 nitrogen and oxygen atoms in total. The Morgan fingerprint density at radius 2 is 1.02 bits per heavy atom. The summed E-state index contributed by atoms with van der Waals surface area (Å²) in [5.41, 5.74) is 0. The van der Waals surface area contributed by atoms with Crippen molar-refractivity contribution in [1.82, 2.24) is 0 Å². The van der Waals surface area contributed by atoms with Crippen molar-refractivity contribution in [2.45, 2.75) is 171 Å². The lowest BCUT2D eigenvalue weighted by atomic mass is 9.93. The van der Waals surface area contributed by atoms with Crippen molar-refractivity contribution in [2.75, 3.05) is 35.0 Å². The van der Waals surface area contributed by atoms with Crippen molar-refractivity contribution in [3.63, 3.8) is 0 Å². The van der Waals surface area contributed by atoms with Gasteiger partial charge < -0.3 is 36.7 Å². The number of carbonyl (C=O) groups excluding carboxylic acids is 4. The van der Waals surface area contributed by atoms with E-state index in [1.807, 2.05) is 20.0 Å². The summed E-state index contributed by atoms with van der Waals surface area (Å²) in [7, 11) is 2.27. The first-order chi connectivity index (χ1) is 22.2. The van der Waals surface area contributed by atoms with E-state index in [0.717, 1.165) is 24.9 Å². The number of rotatable bonds is 28. The third-order valence-corrected chi connectivity index (χ3v) is 14.4. The predicted molar refractivity (Wildman–Crippen MR) is 203 cm³/mol. The molecule has 0 fully saturated rings. The Labute approximate surface area is 307 Å². The number of ether oxygens (including phenoxy) is 4. The molecule has 300 valence electrons. The highest BCUT2D eigenvalue weighted by Crippen LogP contribution is 2.24. The van der Waals surface area contributed by atoms with Crippen molar-refractivity contribution >= 4 is 41.0 Å². The lowest BCUT2D eigenvalue weighted by molar-refractivity contribution is -0.156. The van der Waals surface area contributed by atoms with Crippen molar-refractivity contribution in [3.05, 3.63) is 0 Å². The maximum absolute atomic E-state index is 12.8. The zero-order valence-electron chi connectivity index (χ0n) is 30.8. The molecule has 14 heteroatoms. The van der Waals surface area contributed by atoms with Gasteiger partial charge in [-0.15, -0.1) is 0 Å². The fraction of sp³-hybridized carbons (Fsp3) is 0.889. The van der Waals surface area contributed by atoms with E-state index in [0.29, 0.717) is 51.4 Å². The van der Waals surface area contributed by atoms with E-state index in [2.05, 4.69) is 0 Å². The molecular formula is C36H76O12Si2. The number of carbonyl (C=O) groups is 4. The monoisotopic (exact) mass is 756 g/mol. The smallest absolute Gasteiger partial charge is 0.334 e. The minimum atomic E-state index is -2.17. The summed E-state index contributed by atoms with van der Waals surface area (Å²) in [6.07, 6.45) is 4.51. The average molecular weight is 757 g/mol. The van der Waals surface area contributed by atoms with Crippen molar-refractivity contribution in [2.24, 2.45) is 5.92 Å². The first-order valence-corrected chi connectivity index (χ1v) is 22.2. The number of hydrogen-bond acceptors (Lipinski definition) is 12. The van der Waals surface area contributed by atoms with E-state index < -0.39 is 35.2 Å². The lowest BCUT2D eigenvalue weighted by Gasteiger charge is -2.24. The summed E-state index contributed by atoms with van der Waals surface area (Å²) in [5.74, 6) is -1.83. The highest BCUT2D eigenvalue weighted by molar-refractivity contribution is 6.66. The van der Waals surface area contributed by atoms with Crippen LogP contribution in [-0.4, -0.2) is 94.4 Å². The average Bonchev–Trinajstić information content (AvgIpc) is 3.05. The molecule has 0 aliphatic rings. The Morgan fingerprint density at radius 1 is 0.580 bits per heavy atom. The fourth-order valence-corrected chi connectivity index (χ4v) is 7.95. The molecule has 0 saturated carbocycles. The molecule has 0 radical (unpaired) electrons. The van der Waals surface area contributed by atoms with Crippen molar-refractivity contribution in [3.8, 4) is 0 Å². The Morgan fingerprint density at radius 3 is 1.44 bits per heavy atom. The zero-order chi connectivity index (χ0) is 35.9. The van der Waals surface area contributed by atoms with E-state index in [-0.39, 0.29) is 71.7 Å². The predicted octanol–water partition coefficient (Wildman–Crippen LogP) is 8.28. The Balaban J connectivity index is -0.00000353. The van der Waals surface area contributed by atoms with Gasteiger partial charge in [0.25, 0.3) is 0 Å². The van der Waals surface area contributed by atoms with Gasteiger partial charge in [0.2, 0.25) is 0 Å². The molecule has 0 amide bonds. The molecule has 0 aromatic heterocycles. The molecule has 0 aromatic carbocycles. The van der Waals surface area contributed by atoms with Gasteiger partial charge in [0.15, 0.2) is 0 Å². The molecule has 50 heavy (non-hydrogen) atoms. The van der Waals surface area contributed by atoms with Gasteiger partial charge in [-0.3, -0.25) is 19.2 Å². The van der Waals surface area contributed by atoms with Crippen molar-refractivity contribution < 1.29 is 55.8 Å². The van der Waals surface area contributed by atoms with Gasteiger partial charge in [-0.05, 0) is 90.9 Å². The quantitative estimate of drug-likeness (QED) is 0.0328. The minimum Gasteiger partial charge on any atom is -0.466 e. The molecule has 4 atom stereocenters. The van der Waals surface area contributed by atoms with E-state index in [1.165, 1.54) is 0 Å². The van der Waals surface area contributed by atoms with Gasteiger partial charge in [0.05, 0.1) is 24.7 Å². The number of hydrogen-bond donors (Lipinski definition) is 0. The number of esters is 4. The second-order valence-electron chi connectivity index (χ2n) is 12.4. The van der Waals surface area contributed by atoms with Crippen LogP contribution in [0.5, 0.6) is 0 Å². The minimum absolute atomic E-state index is 0. The summed E-state index contributed by atoms with van der Waals surface area (Å²) >= 11 is 0. The third-order valence-electron chi connectivity index (χ3n) is 8.47. The summed E-state index contributed by atoms with van der Waals surface area (Å²) in [5, 5.41) is 0. The van der Waals surface area contributed by atoms with E-state index in [1.54, 1.807) is 49.2 Å². The standard InChI is InChI=1S/C33H64O12Si2.3CH4/c1-11-30(34)45-29(21-19-26(3)43-31(35)17-13-15-23-46(9,38-5)39-6)22-20-28(33(37)42-12-2)25-27(4)44-32(36)18-14-16-24-47(10,40-7)41-8;;;/h26-29H,11-25H2,1-10H3;3*1H4. The molecule has 0 bridgehead atoms. The van der Waals surface area contributed by atoms with Crippen LogP contribution in [0.1, 0.15) is 127 Å². The van der Waals surface area contributed by atoms with Crippen LogP contribution >= 0.6 is 0 Å². The Kier molecular flexibility index (Phi) is 33.8. The summed E-state index contributed by atoms with van der Waals surface area (Å²) < 4.78 is 44.2. The molecule has 0 spiro atoms. The van der Waals surface area contributed by atoms with Crippen LogP contribution in [0.3, 0.4) is 0 Å². The third kappa shape index (κ3) is 25.2. The largest absolute Gasteiger partial charge is 0.466 e. The first-order valence-electron chi connectivity index (χ1n) is 17.2. The molecule has 0 aliphatic carbocycles. The lowest BCUT2D eigenvalue weighted by Crippen LogP contribution is -2.35. The van der Waals surface area contributed by atoms with Gasteiger partial charge >= 0.3 is 41.0 Å². The molecule has 0 rings (SSSR count). The summed E-state index contributed by atoms with van der Waals surface area (Å²) in [6.45, 7) is 11.3. The second-order valence-corrected chi connectivity index (χ2v) is 19.6. The van der Waals surface area contributed by atoms with Crippen LogP contribution in [0, 0.1) is 5.92 Å². The zero-order valence-corrected chi connectivity index (χ0v) is 32.8. The molecular weight excluding hydrogens is 681 g/mol. The number of unbranched alkanes of at least 4 members (excludes halogenated alkanes) is 2. The first kappa shape index (κ1) is 54.9. The van der Waals surface area contributed by atoms with Crippen molar-refractivity contribution in [1.29, 1.82) is 0 Å². The van der Waals surface area contributed by atoms with Gasteiger partial charge in [-0.25, -0.2) is 0 Å². The Hall–Kier alpha value is -1.85. The van der Waals surface area contributed by atoms with E-state index in [4.69, 9.17) is 36.7 Å². The maximum atomic E-state index is 12.8. The van der Waals surface area contributed by atoms with E-state index in [9.17, 15) is 19.2 Å². The van der Waals surface area contributed by atoms with Crippen LogP contribution in [0.25, 0.3) is 0 Å². The second kappa shape index (κ2) is 30.7. The topological polar surface area (TPSA) is 142 Å². The van der Waals surface area contributed by atoms with Gasteiger partial charge in [-0.1, -0.05) is 42.0 Å². The summed E-state index contributed by atoms with van der Waals surface area (Å²) in [4.78, 5) is 49.9. The fourth-order valence-electron chi connectivity index (χ4n) is 5.01. The highest BCUT2D eigenvalue weighted by atomic mass is 28.4. The molecule has 0 aliphatic heterocycles. The van der Waals surface area contributed by atoms with Crippen LogP contribution in [-0.2, 0) is 55.8 Å². The Bertz CT molecular complexity index is 896. The van der Waals surface area contributed by atoms with Gasteiger partial charge in [-0.2, -0.15) is 0 Å². The van der Waals surface area contributed by atoms with Crippen LogP contribution in [0.2, 0.25) is 25.2 Å². The SMILES string of the molecule is C.C.C.CCOC(=O)C(CCC(CCC(C)OC(=O)CCCC[Si](C)(OC)OC)OC(=O)CC)CC(C)OC(=O)CCCC[Si](C)(OC)OC. The van der Waals surface area contributed by atoms with Gasteiger partial charge in [0, 0.05) is 47.7 Å². The normalized spacial score (nSPS) is 13.6. The van der Waals surface area contributed by atoms with Crippen LogP contribution in [0.15, 0.2) is 0 Å². The van der Waals surface area contributed by atoms with Crippen LogP contribution in [0.4, 0.5) is 0 Å². The van der Waals surface area contributed by atoms with E-state index >= 15 is 0 Å². The van der Waals surface area contributed by atoms with Crippen LogP contribution < -0.4 is 0 Å². The summed E-state index contributed by atoms with van der Waals surface area (Å²) in [6, 6.07) is 1.58.